The monoisotopic (exact) mass is 319 g/mol. The number of halogens is 3. The Hall–Kier alpha value is -1.17. The molecule has 18 heavy (non-hydrogen) atoms. The first-order chi connectivity index (χ1) is 8.58. The summed E-state index contributed by atoms with van der Waals surface area (Å²) in [5.74, 6) is 0.276. The lowest BCUT2D eigenvalue weighted by Crippen LogP contribution is -2.25. The lowest BCUT2D eigenvalue weighted by atomic mass is 10.2. The molecule has 0 saturated carbocycles. The van der Waals surface area contributed by atoms with Gasteiger partial charge in [0, 0.05) is 17.8 Å². The van der Waals surface area contributed by atoms with Gasteiger partial charge in [0.2, 0.25) is 5.91 Å². The quantitative estimate of drug-likeness (QED) is 0.799. The SMILES string of the molecule is O=C1CC(Br)CN1c1ccccc1OCC(F)F. The molecule has 98 valence electrons. The Bertz CT molecular complexity index is 442. The normalized spacial score (nSPS) is 19.7. The van der Waals surface area contributed by atoms with E-state index in [0.717, 1.165) is 0 Å². The van der Waals surface area contributed by atoms with Crippen molar-refractivity contribution in [1.82, 2.24) is 0 Å². The van der Waals surface area contributed by atoms with Crippen LogP contribution in [0.1, 0.15) is 6.42 Å². The number of hydrogen-bond donors (Lipinski definition) is 0. The molecule has 6 heteroatoms. The number of benzene rings is 1. The molecule has 0 radical (unpaired) electrons. The first-order valence-electron chi connectivity index (χ1n) is 5.52. The zero-order valence-electron chi connectivity index (χ0n) is 9.48. The molecule has 1 amide bonds. The number of anilines is 1. The van der Waals surface area contributed by atoms with Gasteiger partial charge >= 0.3 is 0 Å². The van der Waals surface area contributed by atoms with Crippen molar-refractivity contribution in [1.29, 1.82) is 0 Å². The van der Waals surface area contributed by atoms with Gasteiger partial charge in [-0.15, -0.1) is 0 Å². The van der Waals surface area contributed by atoms with Crippen LogP contribution >= 0.6 is 15.9 Å². The molecule has 0 aliphatic carbocycles. The Balaban J connectivity index is 2.19. The summed E-state index contributed by atoms with van der Waals surface area (Å²) in [6.07, 6.45) is -2.13. The minimum absolute atomic E-state index is 0.0371. The van der Waals surface area contributed by atoms with Crippen molar-refractivity contribution in [3.63, 3.8) is 0 Å². The molecule has 1 aliphatic rings. The van der Waals surface area contributed by atoms with Crippen LogP contribution in [0.2, 0.25) is 0 Å². The number of rotatable bonds is 4. The average Bonchev–Trinajstić information content (AvgIpc) is 2.66. The third kappa shape index (κ3) is 2.98. The molecule has 1 unspecified atom stereocenters. The smallest absolute Gasteiger partial charge is 0.272 e. The van der Waals surface area contributed by atoms with E-state index in [9.17, 15) is 13.6 Å². The molecule has 0 bridgehead atoms. The Morgan fingerprint density at radius 2 is 2.17 bits per heavy atom. The summed E-state index contributed by atoms with van der Waals surface area (Å²) >= 11 is 3.38. The van der Waals surface area contributed by atoms with E-state index in [1.54, 1.807) is 29.2 Å². The highest BCUT2D eigenvalue weighted by Crippen LogP contribution is 2.33. The number of carbonyl (C=O) groups is 1. The first kappa shape index (κ1) is 13.3. The van der Waals surface area contributed by atoms with Crippen molar-refractivity contribution in [3.8, 4) is 5.75 Å². The Morgan fingerprint density at radius 3 is 2.78 bits per heavy atom. The van der Waals surface area contributed by atoms with Crippen LogP contribution in [0, 0.1) is 0 Å². The van der Waals surface area contributed by atoms with E-state index in [0.29, 0.717) is 24.4 Å². The maximum Gasteiger partial charge on any atom is 0.272 e. The highest BCUT2D eigenvalue weighted by atomic mass is 79.9. The largest absolute Gasteiger partial charge is 0.485 e. The molecule has 3 nitrogen and oxygen atoms in total. The first-order valence-corrected chi connectivity index (χ1v) is 6.44. The van der Waals surface area contributed by atoms with Crippen LogP contribution in [-0.2, 0) is 4.79 Å². The molecule has 1 saturated heterocycles. The summed E-state index contributed by atoms with van der Waals surface area (Å²) in [7, 11) is 0. The Morgan fingerprint density at radius 1 is 1.44 bits per heavy atom. The van der Waals surface area contributed by atoms with Gasteiger partial charge in [-0.3, -0.25) is 4.79 Å². The van der Waals surface area contributed by atoms with Crippen LogP contribution in [0.5, 0.6) is 5.75 Å². The predicted octanol–water partition coefficient (Wildman–Crippen LogP) is 2.83. The van der Waals surface area contributed by atoms with Crippen LogP contribution in [0.15, 0.2) is 24.3 Å². The van der Waals surface area contributed by atoms with Gasteiger partial charge in [0.25, 0.3) is 6.43 Å². The van der Waals surface area contributed by atoms with Gasteiger partial charge in [-0.1, -0.05) is 28.1 Å². The van der Waals surface area contributed by atoms with E-state index in [-0.39, 0.29) is 10.7 Å². The van der Waals surface area contributed by atoms with Gasteiger partial charge in [-0.25, -0.2) is 8.78 Å². The summed E-state index contributed by atoms with van der Waals surface area (Å²) in [6, 6.07) is 6.73. The van der Waals surface area contributed by atoms with Crippen molar-refractivity contribution < 1.29 is 18.3 Å². The zero-order chi connectivity index (χ0) is 13.1. The number of hydrogen-bond acceptors (Lipinski definition) is 2. The third-order valence-corrected chi connectivity index (χ3v) is 3.21. The number of alkyl halides is 3. The summed E-state index contributed by atoms with van der Waals surface area (Å²) in [4.78, 5) is 13.4. The number of nitrogens with zero attached hydrogens (tertiary/aromatic N) is 1. The van der Waals surface area contributed by atoms with Gasteiger partial charge in [-0.2, -0.15) is 0 Å². The topological polar surface area (TPSA) is 29.5 Å². The molecule has 2 rings (SSSR count). The van der Waals surface area contributed by atoms with Crippen molar-refractivity contribution in [2.75, 3.05) is 18.1 Å². The van der Waals surface area contributed by atoms with Crippen LogP contribution in [-0.4, -0.2) is 30.3 Å². The molecule has 1 fully saturated rings. The Kier molecular flexibility index (Phi) is 4.16. The van der Waals surface area contributed by atoms with Gasteiger partial charge in [0.15, 0.2) is 0 Å². The highest BCUT2D eigenvalue weighted by molar-refractivity contribution is 9.09. The fraction of sp³-hybridized carbons (Fsp3) is 0.417. The molecule has 1 aliphatic heterocycles. The molecule has 0 aromatic heterocycles. The molecule has 0 spiro atoms. The molecular formula is C12H12BrF2NO2. The van der Waals surface area contributed by atoms with Crippen molar-refractivity contribution in [3.05, 3.63) is 24.3 Å². The molecule has 1 aromatic rings. The van der Waals surface area contributed by atoms with Gasteiger partial charge in [0.05, 0.1) is 5.69 Å². The fourth-order valence-corrected chi connectivity index (χ4v) is 2.42. The van der Waals surface area contributed by atoms with E-state index in [4.69, 9.17) is 4.74 Å². The van der Waals surface area contributed by atoms with E-state index in [1.165, 1.54) is 0 Å². The lowest BCUT2D eigenvalue weighted by Gasteiger charge is -2.19. The third-order valence-electron chi connectivity index (χ3n) is 2.60. The molecule has 1 atom stereocenters. The second-order valence-corrected chi connectivity index (χ2v) is 5.27. The standard InChI is InChI=1S/C12H12BrF2NO2/c13-8-5-12(17)16(6-8)9-3-1-2-4-10(9)18-7-11(14)15/h1-4,8,11H,5-7H2. The van der Waals surface area contributed by atoms with Crippen LogP contribution < -0.4 is 9.64 Å². The van der Waals surface area contributed by atoms with Crippen molar-refractivity contribution in [2.24, 2.45) is 0 Å². The maximum atomic E-state index is 12.2. The molecule has 0 N–H and O–H groups in total. The van der Waals surface area contributed by atoms with Crippen LogP contribution in [0.4, 0.5) is 14.5 Å². The highest BCUT2D eigenvalue weighted by Gasteiger charge is 2.30. The van der Waals surface area contributed by atoms with Crippen molar-refractivity contribution >= 4 is 27.5 Å². The lowest BCUT2D eigenvalue weighted by molar-refractivity contribution is -0.117. The summed E-state index contributed by atoms with van der Waals surface area (Å²) in [5.41, 5.74) is 0.546. The van der Waals surface area contributed by atoms with Crippen LogP contribution in [0.3, 0.4) is 0 Å². The summed E-state index contributed by atoms with van der Waals surface area (Å²) < 4.78 is 29.3. The maximum absolute atomic E-state index is 12.2. The van der Waals surface area contributed by atoms with E-state index >= 15 is 0 Å². The predicted molar refractivity (Wildman–Crippen MR) is 67.6 cm³/mol. The second kappa shape index (κ2) is 5.65. The summed E-state index contributed by atoms with van der Waals surface area (Å²) in [5, 5.41) is 0. The zero-order valence-corrected chi connectivity index (χ0v) is 11.1. The fourth-order valence-electron chi connectivity index (χ4n) is 1.85. The second-order valence-electron chi connectivity index (χ2n) is 3.98. The molecular weight excluding hydrogens is 308 g/mol. The van der Waals surface area contributed by atoms with Gasteiger partial charge < -0.3 is 9.64 Å². The minimum Gasteiger partial charge on any atom is -0.485 e. The number of amides is 1. The molecule has 1 heterocycles. The van der Waals surface area contributed by atoms with Gasteiger partial charge in [-0.05, 0) is 12.1 Å². The Labute approximate surface area is 112 Å². The van der Waals surface area contributed by atoms with Crippen molar-refractivity contribution in [2.45, 2.75) is 17.7 Å². The number of carbonyl (C=O) groups excluding carboxylic acids is 1. The average molecular weight is 320 g/mol. The number of ether oxygens (including phenoxy) is 1. The van der Waals surface area contributed by atoms with E-state index in [1.807, 2.05) is 0 Å². The number of para-hydroxylation sites is 2. The molecule has 1 aromatic carbocycles. The van der Waals surface area contributed by atoms with Gasteiger partial charge in [0.1, 0.15) is 12.4 Å². The van der Waals surface area contributed by atoms with Crippen LogP contribution in [0.25, 0.3) is 0 Å². The van der Waals surface area contributed by atoms with E-state index in [2.05, 4.69) is 15.9 Å². The minimum atomic E-state index is -2.53. The summed E-state index contributed by atoms with van der Waals surface area (Å²) in [6.45, 7) is -0.148. The van der Waals surface area contributed by atoms with E-state index < -0.39 is 13.0 Å².